The number of ether oxygens (including phenoxy) is 1. The average molecular weight is 268 g/mol. The van der Waals surface area contributed by atoms with E-state index in [-0.39, 0.29) is 12.2 Å². The summed E-state index contributed by atoms with van der Waals surface area (Å²) < 4.78 is 5.62. The van der Waals surface area contributed by atoms with Gasteiger partial charge in [0, 0.05) is 19.6 Å². The van der Waals surface area contributed by atoms with Gasteiger partial charge in [0.15, 0.2) is 0 Å². The lowest BCUT2D eigenvalue weighted by Gasteiger charge is -2.28. The molecule has 2 aliphatic rings. The Bertz CT molecular complexity index is 255. The maximum atomic E-state index is 12.2. The van der Waals surface area contributed by atoms with Crippen LogP contribution in [0.4, 0.5) is 4.79 Å². The Labute approximate surface area is 116 Å². The highest BCUT2D eigenvalue weighted by Gasteiger charge is 2.21. The lowest BCUT2D eigenvalue weighted by Crippen LogP contribution is -2.41. The molecule has 1 amide bonds. The van der Waals surface area contributed by atoms with Crippen molar-refractivity contribution in [1.29, 1.82) is 0 Å². The van der Waals surface area contributed by atoms with Crippen LogP contribution < -0.4 is 5.32 Å². The summed E-state index contributed by atoms with van der Waals surface area (Å²) in [6, 6.07) is 0. The number of piperidine rings is 1. The SMILES string of the molecule is O=C(OC1CCCNC1)N1CCCCCCCCC1. The molecule has 1 N–H and O–H groups in total. The minimum Gasteiger partial charge on any atom is -0.445 e. The molecule has 0 spiro atoms. The van der Waals surface area contributed by atoms with Crippen molar-refractivity contribution >= 4 is 6.09 Å². The fourth-order valence-electron chi connectivity index (χ4n) is 2.92. The fourth-order valence-corrected chi connectivity index (χ4v) is 2.92. The van der Waals surface area contributed by atoms with Crippen LogP contribution in [0.1, 0.15) is 57.8 Å². The Morgan fingerprint density at radius 3 is 2.16 bits per heavy atom. The second-order valence-corrected chi connectivity index (χ2v) is 5.81. The van der Waals surface area contributed by atoms with E-state index in [1.54, 1.807) is 0 Å². The first kappa shape index (κ1) is 14.6. The molecule has 0 aromatic heterocycles. The third kappa shape index (κ3) is 5.39. The lowest BCUT2D eigenvalue weighted by molar-refractivity contribution is 0.0505. The van der Waals surface area contributed by atoms with Crippen LogP contribution in [-0.2, 0) is 4.74 Å². The van der Waals surface area contributed by atoms with Crippen LogP contribution in [0, 0.1) is 0 Å². The largest absolute Gasteiger partial charge is 0.445 e. The predicted octanol–water partition coefficient (Wildman–Crippen LogP) is 2.92. The molecule has 4 heteroatoms. The van der Waals surface area contributed by atoms with E-state index in [0.29, 0.717) is 0 Å². The van der Waals surface area contributed by atoms with Crippen LogP contribution in [0.5, 0.6) is 0 Å². The number of nitrogens with zero attached hydrogens (tertiary/aromatic N) is 1. The van der Waals surface area contributed by atoms with Crippen LogP contribution in [0.2, 0.25) is 0 Å². The molecule has 2 aliphatic heterocycles. The molecule has 110 valence electrons. The smallest absolute Gasteiger partial charge is 0.410 e. The molecule has 1 unspecified atom stereocenters. The molecule has 0 radical (unpaired) electrons. The standard InChI is InChI=1S/C15H28N2O2/c18-15(19-14-9-8-10-16-13-14)17-11-6-4-2-1-3-5-7-12-17/h14,16H,1-13H2. The van der Waals surface area contributed by atoms with E-state index in [1.165, 1.54) is 32.1 Å². The predicted molar refractivity (Wildman–Crippen MR) is 76.3 cm³/mol. The van der Waals surface area contributed by atoms with Crippen molar-refractivity contribution in [3.05, 3.63) is 0 Å². The van der Waals surface area contributed by atoms with Crippen LogP contribution in [-0.4, -0.2) is 43.3 Å². The maximum Gasteiger partial charge on any atom is 0.410 e. The molecule has 2 rings (SSSR count). The van der Waals surface area contributed by atoms with Gasteiger partial charge in [-0.2, -0.15) is 0 Å². The molecule has 2 saturated heterocycles. The first-order valence-electron chi connectivity index (χ1n) is 8.02. The Balaban J connectivity index is 1.76. The Morgan fingerprint density at radius 2 is 1.58 bits per heavy atom. The van der Waals surface area contributed by atoms with E-state index in [9.17, 15) is 4.79 Å². The van der Waals surface area contributed by atoms with Crippen molar-refractivity contribution in [2.75, 3.05) is 26.2 Å². The minimum atomic E-state index is -0.0886. The third-order valence-electron chi connectivity index (χ3n) is 4.13. The summed E-state index contributed by atoms with van der Waals surface area (Å²) in [4.78, 5) is 14.1. The number of rotatable bonds is 1. The average Bonchev–Trinajstić information content (AvgIpc) is 2.45. The summed E-state index contributed by atoms with van der Waals surface area (Å²) in [5.41, 5.74) is 0. The second kappa shape index (κ2) is 8.41. The van der Waals surface area contributed by atoms with E-state index in [0.717, 1.165) is 51.9 Å². The molecule has 0 aromatic carbocycles. The molecule has 2 fully saturated rings. The van der Waals surface area contributed by atoms with E-state index in [2.05, 4.69) is 5.32 Å². The summed E-state index contributed by atoms with van der Waals surface area (Å²) in [7, 11) is 0. The normalized spacial score (nSPS) is 26.7. The maximum absolute atomic E-state index is 12.2. The second-order valence-electron chi connectivity index (χ2n) is 5.81. The summed E-state index contributed by atoms with van der Waals surface area (Å²) in [6.07, 6.45) is 10.8. The summed E-state index contributed by atoms with van der Waals surface area (Å²) in [5.74, 6) is 0. The number of carbonyl (C=O) groups excluding carboxylic acids is 1. The Kier molecular flexibility index (Phi) is 6.48. The van der Waals surface area contributed by atoms with Gasteiger partial charge in [0.05, 0.1) is 0 Å². The van der Waals surface area contributed by atoms with Gasteiger partial charge in [0.25, 0.3) is 0 Å². The monoisotopic (exact) mass is 268 g/mol. The molecule has 1 atom stereocenters. The molecule has 2 heterocycles. The zero-order valence-electron chi connectivity index (χ0n) is 12.0. The summed E-state index contributed by atoms with van der Waals surface area (Å²) in [6.45, 7) is 3.62. The molecule has 0 saturated carbocycles. The van der Waals surface area contributed by atoms with E-state index < -0.39 is 0 Å². The van der Waals surface area contributed by atoms with Crippen LogP contribution in [0.15, 0.2) is 0 Å². The highest BCUT2D eigenvalue weighted by molar-refractivity contribution is 5.67. The van der Waals surface area contributed by atoms with Gasteiger partial charge < -0.3 is 15.0 Å². The van der Waals surface area contributed by atoms with Crippen molar-refractivity contribution in [2.45, 2.75) is 63.9 Å². The van der Waals surface area contributed by atoms with Gasteiger partial charge in [-0.1, -0.05) is 32.1 Å². The van der Waals surface area contributed by atoms with Crippen LogP contribution in [0.3, 0.4) is 0 Å². The van der Waals surface area contributed by atoms with E-state index in [1.807, 2.05) is 4.90 Å². The van der Waals surface area contributed by atoms with Crippen molar-refractivity contribution in [3.63, 3.8) is 0 Å². The Morgan fingerprint density at radius 1 is 0.947 bits per heavy atom. The zero-order valence-corrected chi connectivity index (χ0v) is 12.0. The molecular formula is C15H28N2O2. The van der Waals surface area contributed by atoms with Crippen LogP contribution in [0.25, 0.3) is 0 Å². The first-order valence-corrected chi connectivity index (χ1v) is 8.02. The van der Waals surface area contributed by atoms with Crippen molar-refractivity contribution in [1.82, 2.24) is 10.2 Å². The molecule has 4 nitrogen and oxygen atoms in total. The van der Waals surface area contributed by atoms with E-state index >= 15 is 0 Å². The molecule has 19 heavy (non-hydrogen) atoms. The topological polar surface area (TPSA) is 41.6 Å². The quantitative estimate of drug-likeness (QED) is 0.795. The molecular weight excluding hydrogens is 240 g/mol. The van der Waals surface area contributed by atoms with Gasteiger partial charge in [-0.25, -0.2) is 4.79 Å². The van der Waals surface area contributed by atoms with Gasteiger partial charge in [-0.3, -0.25) is 0 Å². The summed E-state index contributed by atoms with van der Waals surface area (Å²) >= 11 is 0. The van der Waals surface area contributed by atoms with Gasteiger partial charge in [-0.05, 0) is 32.2 Å². The van der Waals surface area contributed by atoms with E-state index in [4.69, 9.17) is 4.74 Å². The van der Waals surface area contributed by atoms with Gasteiger partial charge >= 0.3 is 6.09 Å². The van der Waals surface area contributed by atoms with Crippen LogP contribution >= 0.6 is 0 Å². The minimum absolute atomic E-state index is 0.0802. The number of amides is 1. The van der Waals surface area contributed by atoms with Gasteiger partial charge in [-0.15, -0.1) is 0 Å². The number of hydrogen-bond acceptors (Lipinski definition) is 3. The summed E-state index contributed by atoms with van der Waals surface area (Å²) in [5, 5.41) is 3.29. The third-order valence-corrected chi connectivity index (χ3v) is 4.13. The first-order chi connectivity index (χ1) is 9.36. The van der Waals surface area contributed by atoms with Crippen molar-refractivity contribution < 1.29 is 9.53 Å². The van der Waals surface area contributed by atoms with Gasteiger partial charge in [0.1, 0.15) is 6.10 Å². The van der Waals surface area contributed by atoms with Gasteiger partial charge in [0.2, 0.25) is 0 Å². The number of hydrogen-bond donors (Lipinski definition) is 1. The number of carbonyl (C=O) groups is 1. The Hall–Kier alpha value is -0.770. The number of nitrogens with one attached hydrogen (secondary N) is 1. The van der Waals surface area contributed by atoms with Crippen molar-refractivity contribution in [3.8, 4) is 0 Å². The highest BCUT2D eigenvalue weighted by atomic mass is 16.6. The highest BCUT2D eigenvalue weighted by Crippen LogP contribution is 2.14. The lowest BCUT2D eigenvalue weighted by atomic mass is 10.1. The zero-order chi connectivity index (χ0) is 13.3. The molecule has 0 bridgehead atoms. The fraction of sp³-hybridized carbons (Fsp3) is 0.933. The molecule has 0 aliphatic carbocycles. The molecule has 0 aromatic rings. The van der Waals surface area contributed by atoms with Crippen molar-refractivity contribution in [2.24, 2.45) is 0 Å².